The van der Waals surface area contributed by atoms with Crippen LogP contribution in [0.5, 0.6) is 11.5 Å². The Labute approximate surface area is 152 Å². The van der Waals surface area contributed by atoms with Crippen LogP contribution in [0, 0.1) is 11.8 Å². The van der Waals surface area contributed by atoms with Crippen molar-refractivity contribution in [2.24, 2.45) is 11.8 Å². The van der Waals surface area contributed by atoms with Crippen molar-refractivity contribution in [2.75, 3.05) is 13.7 Å². The van der Waals surface area contributed by atoms with Gasteiger partial charge in [-0.2, -0.15) is 0 Å². The number of allylic oxidation sites excluding steroid dienone is 4. The molecule has 1 aromatic rings. The molecule has 0 aromatic heterocycles. The number of hydrogen-bond acceptors (Lipinski definition) is 3. The normalized spacial score (nSPS) is 26.0. The number of alkyl halides is 1. The lowest BCUT2D eigenvalue weighted by Crippen LogP contribution is -2.35. The smallest absolute Gasteiger partial charge is 0.173 e. The molecule has 0 heterocycles. The van der Waals surface area contributed by atoms with E-state index < -0.39 is 10.8 Å². The minimum absolute atomic E-state index is 0.128. The summed E-state index contributed by atoms with van der Waals surface area (Å²) in [7, 11) is 1.59. The maximum atomic E-state index is 13.0. The summed E-state index contributed by atoms with van der Waals surface area (Å²) in [6.45, 7) is 2.44. The topological polar surface area (TPSA) is 35.5 Å². The zero-order valence-corrected chi connectivity index (χ0v) is 15.2. The van der Waals surface area contributed by atoms with Crippen LogP contribution in [0.25, 0.3) is 0 Å². The highest BCUT2D eigenvalue weighted by Crippen LogP contribution is 2.40. The number of methoxy groups -OCH3 is 1. The van der Waals surface area contributed by atoms with Gasteiger partial charge >= 0.3 is 0 Å². The van der Waals surface area contributed by atoms with E-state index in [1.54, 1.807) is 50.5 Å². The monoisotopic (exact) mass is 366 g/mol. The van der Waals surface area contributed by atoms with Crippen LogP contribution in [-0.2, 0) is 0 Å². The number of rotatable bonds is 6. The Morgan fingerprint density at radius 2 is 2.08 bits per heavy atom. The van der Waals surface area contributed by atoms with Gasteiger partial charge < -0.3 is 9.47 Å². The van der Waals surface area contributed by atoms with Gasteiger partial charge in [0.25, 0.3) is 0 Å². The average molecular weight is 367 g/mol. The molecule has 2 aliphatic rings. The van der Waals surface area contributed by atoms with Crippen molar-refractivity contribution in [2.45, 2.75) is 24.6 Å². The molecule has 3 nitrogen and oxygen atoms in total. The molecular weight excluding hydrogens is 347 g/mol. The van der Waals surface area contributed by atoms with Gasteiger partial charge in [0.15, 0.2) is 17.3 Å². The van der Waals surface area contributed by atoms with Crippen LogP contribution >= 0.6 is 23.2 Å². The molecule has 0 bridgehead atoms. The molecule has 0 saturated heterocycles. The fourth-order valence-corrected chi connectivity index (χ4v) is 3.52. The third-order valence-corrected chi connectivity index (χ3v) is 5.09. The van der Waals surface area contributed by atoms with Gasteiger partial charge in [-0.05, 0) is 50.0 Å². The number of carbonyl (C=O) groups excluding carboxylic acids is 1. The Morgan fingerprint density at radius 3 is 2.71 bits per heavy atom. The second kappa shape index (κ2) is 6.81. The number of hydrogen-bond donors (Lipinski definition) is 0. The van der Waals surface area contributed by atoms with Crippen LogP contribution in [0.3, 0.4) is 0 Å². The molecule has 0 spiro atoms. The van der Waals surface area contributed by atoms with Crippen molar-refractivity contribution in [1.29, 1.82) is 0 Å². The maximum Gasteiger partial charge on any atom is 0.173 e. The van der Waals surface area contributed by atoms with Crippen LogP contribution < -0.4 is 9.47 Å². The molecule has 1 fully saturated rings. The van der Waals surface area contributed by atoms with E-state index in [-0.39, 0.29) is 5.78 Å². The summed E-state index contributed by atoms with van der Waals surface area (Å²) >= 11 is 12.8. The molecule has 0 radical (unpaired) electrons. The predicted molar refractivity (Wildman–Crippen MR) is 96.4 cm³/mol. The maximum absolute atomic E-state index is 13.0. The molecule has 0 aliphatic heterocycles. The third kappa shape index (κ3) is 3.62. The van der Waals surface area contributed by atoms with Crippen LogP contribution in [0.15, 0.2) is 41.5 Å². The number of ether oxygens (including phenoxy) is 2. The summed E-state index contributed by atoms with van der Waals surface area (Å²) in [4.78, 5) is 12.1. The number of benzene rings is 1. The molecule has 2 unspecified atom stereocenters. The lowest BCUT2D eigenvalue weighted by molar-refractivity contribution is 0.0929. The molecular formula is C19H20Cl2O3. The predicted octanol–water partition coefficient (Wildman–Crippen LogP) is 4.97. The van der Waals surface area contributed by atoms with E-state index in [0.29, 0.717) is 34.6 Å². The van der Waals surface area contributed by atoms with E-state index in [2.05, 4.69) is 0 Å². The SMILES string of the molecule is COc1ccc(C(=O)C2C(Cl)=CC=CC2(C)Cl)cc1OCC1CC1. The van der Waals surface area contributed by atoms with Gasteiger partial charge in [0, 0.05) is 10.6 Å². The van der Waals surface area contributed by atoms with E-state index >= 15 is 0 Å². The highest BCUT2D eigenvalue weighted by Gasteiger charge is 2.39. The van der Waals surface area contributed by atoms with Gasteiger partial charge in [-0.15, -0.1) is 11.6 Å². The molecule has 3 rings (SSSR count). The molecule has 2 atom stereocenters. The van der Waals surface area contributed by atoms with Crippen LogP contribution in [0.2, 0.25) is 0 Å². The molecule has 1 saturated carbocycles. The third-order valence-electron chi connectivity index (χ3n) is 4.40. The molecule has 0 N–H and O–H groups in total. The van der Waals surface area contributed by atoms with Gasteiger partial charge in [0.2, 0.25) is 0 Å². The van der Waals surface area contributed by atoms with E-state index in [1.165, 1.54) is 12.8 Å². The highest BCUT2D eigenvalue weighted by atomic mass is 35.5. The van der Waals surface area contributed by atoms with E-state index in [0.717, 1.165) is 0 Å². The van der Waals surface area contributed by atoms with Gasteiger partial charge in [-0.3, -0.25) is 4.79 Å². The van der Waals surface area contributed by atoms with Crippen LogP contribution in [-0.4, -0.2) is 24.4 Å². The molecule has 0 amide bonds. The Hall–Kier alpha value is -1.45. The van der Waals surface area contributed by atoms with Gasteiger partial charge in [0.05, 0.1) is 24.5 Å². The summed E-state index contributed by atoms with van der Waals surface area (Å²) in [6, 6.07) is 5.19. The van der Waals surface area contributed by atoms with Crippen LogP contribution in [0.1, 0.15) is 30.1 Å². The summed E-state index contributed by atoms with van der Waals surface area (Å²) in [6.07, 6.45) is 7.66. The Kier molecular flexibility index (Phi) is 4.93. The van der Waals surface area contributed by atoms with Crippen molar-refractivity contribution in [1.82, 2.24) is 0 Å². The molecule has 1 aromatic carbocycles. The standard InChI is InChI=1S/C19H20Cl2O3/c1-19(21)9-3-4-14(20)17(19)18(22)13-7-8-15(23-2)16(10-13)24-11-12-5-6-12/h3-4,7-10,12,17H,5-6,11H2,1-2H3. The lowest BCUT2D eigenvalue weighted by atomic mass is 9.83. The largest absolute Gasteiger partial charge is 0.493 e. The molecule has 24 heavy (non-hydrogen) atoms. The summed E-state index contributed by atoms with van der Waals surface area (Å²) in [5.74, 6) is 1.07. The first-order chi connectivity index (χ1) is 11.4. The quantitative estimate of drug-likeness (QED) is 0.526. The highest BCUT2D eigenvalue weighted by molar-refractivity contribution is 6.36. The van der Waals surface area contributed by atoms with Crippen molar-refractivity contribution < 1.29 is 14.3 Å². The number of halogens is 2. The van der Waals surface area contributed by atoms with Crippen molar-refractivity contribution >= 4 is 29.0 Å². The van der Waals surface area contributed by atoms with E-state index in [4.69, 9.17) is 32.7 Å². The first-order valence-corrected chi connectivity index (χ1v) is 8.77. The van der Waals surface area contributed by atoms with Crippen molar-refractivity contribution in [3.63, 3.8) is 0 Å². The molecule has 128 valence electrons. The Bertz CT molecular complexity index is 703. The summed E-state index contributed by atoms with van der Waals surface area (Å²) in [5.41, 5.74) is 0.514. The first kappa shape index (κ1) is 17.4. The second-order valence-electron chi connectivity index (χ2n) is 6.48. The summed E-state index contributed by atoms with van der Waals surface area (Å²) < 4.78 is 11.2. The Balaban J connectivity index is 1.87. The minimum atomic E-state index is -0.849. The second-order valence-corrected chi connectivity index (χ2v) is 7.73. The zero-order chi connectivity index (χ0) is 17.3. The van der Waals surface area contributed by atoms with Crippen molar-refractivity contribution in [3.8, 4) is 11.5 Å². The lowest BCUT2D eigenvalue weighted by Gasteiger charge is -2.30. The van der Waals surface area contributed by atoms with E-state index in [9.17, 15) is 4.79 Å². The Morgan fingerprint density at radius 1 is 1.33 bits per heavy atom. The number of carbonyl (C=O) groups is 1. The summed E-state index contributed by atoms with van der Waals surface area (Å²) in [5, 5.41) is 0.441. The number of Topliss-reactive ketones (excluding diaryl/α,β-unsaturated/α-hetero) is 1. The molecule has 5 heteroatoms. The van der Waals surface area contributed by atoms with Gasteiger partial charge in [0.1, 0.15) is 0 Å². The van der Waals surface area contributed by atoms with Gasteiger partial charge in [-0.1, -0.05) is 23.8 Å². The molecule has 2 aliphatic carbocycles. The minimum Gasteiger partial charge on any atom is -0.493 e. The van der Waals surface area contributed by atoms with E-state index in [1.807, 2.05) is 0 Å². The average Bonchev–Trinajstić information content (AvgIpc) is 3.35. The fraction of sp³-hybridized carbons (Fsp3) is 0.421. The fourth-order valence-electron chi connectivity index (χ4n) is 2.77. The van der Waals surface area contributed by atoms with Gasteiger partial charge in [-0.25, -0.2) is 0 Å². The van der Waals surface area contributed by atoms with Crippen LogP contribution in [0.4, 0.5) is 0 Å². The first-order valence-electron chi connectivity index (χ1n) is 8.01. The van der Waals surface area contributed by atoms with Crippen molar-refractivity contribution in [3.05, 3.63) is 47.0 Å². The zero-order valence-electron chi connectivity index (χ0n) is 13.7. The number of ketones is 1.